The summed E-state index contributed by atoms with van der Waals surface area (Å²) >= 11 is 0. The second kappa shape index (κ2) is 11.6. The van der Waals surface area contributed by atoms with Gasteiger partial charge in [0.2, 0.25) is 18.6 Å². The van der Waals surface area contributed by atoms with Crippen LogP contribution in [-0.4, -0.2) is 36.1 Å². The molecule has 35 heavy (non-hydrogen) atoms. The van der Waals surface area contributed by atoms with Gasteiger partial charge in [-0.2, -0.15) is 0 Å². The molecule has 6 nitrogen and oxygen atoms in total. The van der Waals surface area contributed by atoms with Crippen LogP contribution in [0.25, 0.3) is 0 Å². The predicted molar refractivity (Wildman–Crippen MR) is 135 cm³/mol. The fraction of sp³-hybridized carbons (Fsp3) is 0.310. The largest absolute Gasteiger partial charge is 0.454 e. The van der Waals surface area contributed by atoms with Crippen LogP contribution in [0.5, 0.6) is 11.5 Å². The molecule has 4 rings (SSSR count). The van der Waals surface area contributed by atoms with E-state index < -0.39 is 6.04 Å². The minimum Gasteiger partial charge on any atom is -0.454 e. The Balaban J connectivity index is 1.57. The number of carbonyl (C=O) groups is 2. The molecule has 1 aliphatic rings. The average molecular weight is 473 g/mol. The van der Waals surface area contributed by atoms with Gasteiger partial charge < -0.3 is 19.7 Å². The molecule has 1 aliphatic heterocycles. The van der Waals surface area contributed by atoms with Crippen LogP contribution in [0.1, 0.15) is 35.6 Å². The number of nitrogens with zero attached hydrogens (tertiary/aromatic N) is 1. The average Bonchev–Trinajstić information content (AvgIpc) is 3.34. The summed E-state index contributed by atoms with van der Waals surface area (Å²) in [7, 11) is 0. The first kappa shape index (κ1) is 24.3. The van der Waals surface area contributed by atoms with E-state index in [0.717, 1.165) is 28.0 Å². The van der Waals surface area contributed by atoms with Crippen LogP contribution < -0.4 is 14.8 Å². The zero-order chi connectivity index (χ0) is 24.6. The van der Waals surface area contributed by atoms with E-state index in [2.05, 4.69) is 5.32 Å². The number of ether oxygens (including phenoxy) is 2. The van der Waals surface area contributed by atoms with E-state index in [9.17, 15) is 9.59 Å². The van der Waals surface area contributed by atoms with Gasteiger partial charge in [-0.1, -0.05) is 66.2 Å². The molecular weight excluding hydrogens is 440 g/mol. The number of carbonyl (C=O) groups excluding carboxylic acids is 2. The quantitative estimate of drug-likeness (QED) is 0.474. The third-order valence-electron chi connectivity index (χ3n) is 6.16. The SMILES string of the molecule is CCNC(=O)[C@H](Cc1ccccc1)N(Cc1ccc(C)cc1)C(=O)CCc1ccc2c(c1)OCO2. The standard InChI is InChI=1S/C29H32N2O4/c1-3-30-29(33)25(17-22-7-5-4-6-8-22)31(19-24-11-9-21(2)10-12-24)28(32)16-14-23-13-15-26-27(18-23)35-20-34-26/h4-13,15,18,25H,3,14,16-17,19-20H2,1-2H3,(H,30,33)/t25-/m0/s1. The first-order chi connectivity index (χ1) is 17.0. The molecule has 0 radical (unpaired) electrons. The lowest BCUT2D eigenvalue weighted by Gasteiger charge is -2.31. The molecule has 0 saturated carbocycles. The summed E-state index contributed by atoms with van der Waals surface area (Å²) in [4.78, 5) is 28.6. The minimum absolute atomic E-state index is 0.0598. The topological polar surface area (TPSA) is 67.9 Å². The Labute approximate surface area is 206 Å². The number of hydrogen-bond acceptors (Lipinski definition) is 4. The molecule has 2 amide bonds. The molecule has 182 valence electrons. The van der Waals surface area contributed by atoms with Crippen LogP contribution in [-0.2, 0) is 29.0 Å². The normalized spacial score (nSPS) is 12.7. The van der Waals surface area contributed by atoms with Gasteiger partial charge in [0.05, 0.1) is 0 Å². The summed E-state index contributed by atoms with van der Waals surface area (Å²) in [6, 6.07) is 23.1. The molecule has 1 N–H and O–H groups in total. The van der Waals surface area contributed by atoms with Crippen molar-refractivity contribution in [2.24, 2.45) is 0 Å². The zero-order valence-electron chi connectivity index (χ0n) is 20.3. The summed E-state index contributed by atoms with van der Waals surface area (Å²) in [6.07, 6.45) is 1.29. The van der Waals surface area contributed by atoms with Gasteiger partial charge in [0, 0.05) is 25.9 Å². The molecule has 6 heteroatoms. The van der Waals surface area contributed by atoms with E-state index in [4.69, 9.17) is 9.47 Å². The van der Waals surface area contributed by atoms with Crippen LogP contribution >= 0.6 is 0 Å². The fourth-order valence-corrected chi connectivity index (χ4v) is 4.23. The summed E-state index contributed by atoms with van der Waals surface area (Å²) < 4.78 is 10.9. The fourth-order valence-electron chi connectivity index (χ4n) is 4.23. The van der Waals surface area contributed by atoms with Gasteiger partial charge >= 0.3 is 0 Å². The zero-order valence-corrected chi connectivity index (χ0v) is 20.3. The third-order valence-corrected chi connectivity index (χ3v) is 6.16. The van der Waals surface area contributed by atoms with Crippen LogP contribution in [0.15, 0.2) is 72.8 Å². The lowest BCUT2D eigenvalue weighted by molar-refractivity contribution is -0.141. The number of likely N-dealkylation sites (N-methyl/N-ethyl adjacent to an activating group) is 1. The van der Waals surface area contributed by atoms with E-state index in [0.29, 0.717) is 31.7 Å². The third kappa shape index (κ3) is 6.41. The van der Waals surface area contributed by atoms with Crippen LogP contribution in [0.4, 0.5) is 0 Å². The molecule has 1 atom stereocenters. The highest BCUT2D eigenvalue weighted by Crippen LogP contribution is 2.33. The smallest absolute Gasteiger partial charge is 0.243 e. The molecule has 0 saturated heterocycles. The first-order valence-corrected chi connectivity index (χ1v) is 12.1. The van der Waals surface area contributed by atoms with Crippen molar-refractivity contribution >= 4 is 11.8 Å². The van der Waals surface area contributed by atoms with Crippen molar-refractivity contribution in [3.8, 4) is 11.5 Å². The second-order valence-corrected chi connectivity index (χ2v) is 8.79. The Hall–Kier alpha value is -3.80. The van der Waals surface area contributed by atoms with Crippen molar-refractivity contribution in [1.82, 2.24) is 10.2 Å². The molecule has 0 aromatic heterocycles. The number of rotatable bonds is 10. The Morgan fingerprint density at radius 3 is 2.37 bits per heavy atom. The minimum atomic E-state index is -0.608. The van der Waals surface area contributed by atoms with Crippen LogP contribution in [0, 0.1) is 6.92 Å². The summed E-state index contributed by atoms with van der Waals surface area (Å²) in [5.41, 5.74) is 4.16. The number of nitrogens with one attached hydrogen (secondary N) is 1. The summed E-state index contributed by atoms with van der Waals surface area (Å²) in [5.74, 6) is 1.23. The summed E-state index contributed by atoms with van der Waals surface area (Å²) in [6.45, 7) is 5.02. The van der Waals surface area contributed by atoms with Crippen molar-refractivity contribution in [1.29, 1.82) is 0 Å². The molecule has 0 bridgehead atoms. The Morgan fingerprint density at radius 1 is 0.914 bits per heavy atom. The van der Waals surface area contributed by atoms with Crippen molar-refractivity contribution in [3.63, 3.8) is 0 Å². The van der Waals surface area contributed by atoms with Crippen molar-refractivity contribution in [2.75, 3.05) is 13.3 Å². The molecular formula is C29H32N2O4. The molecule has 0 aliphatic carbocycles. The molecule has 3 aromatic carbocycles. The van der Waals surface area contributed by atoms with E-state index >= 15 is 0 Å². The van der Waals surface area contributed by atoms with E-state index in [-0.39, 0.29) is 25.0 Å². The van der Waals surface area contributed by atoms with Crippen molar-refractivity contribution < 1.29 is 19.1 Å². The Kier molecular flexibility index (Phi) is 8.03. The monoisotopic (exact) mass is 472 g/mol. The predicted octanol–water partition coefficient (Wildman–Crippen LogP) is 4.43. The highest BCUT2D eigenvalue weighted by atomic mass is 16.7. The van der Waals surface area contributed by atoms with Gasteiger partial charge in [0.1, 0.15) is 6.04 Å². The molecule has 0 fully saturated rings. The van der Waals surface area contributed by atoms with E-state index in [1.807, 2.05) is 86.6 Å². The van der Waals surface area contributed by atoms with Crippen LogP contribution in [0.2, 0.25) is 0 Å². The van der Waals surface area contributed by atoms with Crippen molar-refractivity contribution in [2.45, 2.75) is 45.7 Å². The van der Waals surface area contributed by atoms with Gasteiger partial charge in [0.15, 0.2) is 11.5 Å². The van der Waals surface area contributed by atoms with Gasteiger partial charge in [-0.25, -0.2) is 0 Å². The Morgan fingerprint density at radius 2 is 1.63 bits per heavy atom. The molecule has 0 spiro atoms. The lowest BCUT2D eigenvalue weighted by atomic mass is 10.0. The van der Waals surface area contributed by atoms with Gasteiger partial charge in [-0.15, -0.1) is 0 Å². The molecule has 0 unspecified atom stereocenters. The molecule has 3 aromatic rings. The van der Waals surface area contributed by atoms with Crippen molar-refractivity contribution in [3.05, 3.63) is 95.1 Å². The first-order valence-electron chi connectivity index (χ1n) is 12.1. The van der Waals surface area contributed by atoms with Crippen LogP contribution in [0.3, 0.4) is 0 Å². The van der Waals surface area contributed by atoms with Gasteiger partial charge in [-0.05, 0) is 49.1 Å². The van der Waals surface area contributed by atoms with Gasteiger partial charge in [0.25, 0.3) is 0 Å². The number of benzene rings is 3. The second-order valence-electron chi connectivity index (χ2n) is 8.79. The molecule has 1 heterocycles. The Bertz CT molecular complexity index is 1150. The summed E-state index contributed by atoms with van der Waals surface area (Å²) in [5, 5.41) is 2.93. The van der Waals surface area contributed by atoms with E-state index in [1.165, 1.54) is 0 Å². The highest BCUT2D eigenvalue weighted by Gasteiger charge is 2.30. The number of fused-ring (bicyclic) bond motifs is 1. The van der Waals surface area contributed by atoms with Gasteiger partial charge in [-0.3, -0.25) is 9.59 Å². The number of amides is 2. The lowest BCUT2D eigenvalue weighted by Crippen LogP contribution is -2.50. The number of hydrogen-bond donors (Lipinski definition) is 1. The maximum absolute atomic E-state index is 13.7. The van der Waals surface area contributed by atoms with E-state index in [1.54, 1.807) is 4.90 Å². The highest BCUT2D eigenvalue weighted by molar-refractivity contribution is 5.88. The maximum atomic E-state index is 13.7. The maximum Gasteiger partial charge on any atom is 0.243 e. The number of aryl methyl sites for hydroxylation is 2.